The lowest BCUT2D eigenvalue weighted by molar-refractivity contribution is -0.258. The Kier molecular flexibility index (Phi) is 8.90. The van der Waals surface area contributed by atoms with Crippen molar-refractivity contribution in [3.63, 3.8) is 0 Å². The van der Waals surface area contributed by atoms with Crippen molar-refractivity contribution < 1.29 is 18.9 Å². The second kappa shape index (κ2) is 13.7. The van der Waals surface area contributed by atoms with Gasteiger partial charge in [0.15, 0.2) is 11.5 Å². The average molecular weight is 895 g/mol. The van der Waals surface area contributed by atoms with E-state index in [2.05, 4.69) is 127 Å². The van der Waals surface area contributed by atoms with Gasteiger partial charge in [0.2, 0.25) is 0 Å². The van der Waals surface area contributed by atoms with Gasteiger partial charge >= 0.3 is 0 Å². The Labute approximate surface area is 395 Å². The first-order chi connectivity index (χ1) is 31.2. The smallest absolute Gasteiger partial charge is 0.161 e. The SMILES string of the molecule is COc1cc2c(cc1OC)C1(CC2(C)C)CC(C)(C)C2CC3OC4CC5NC6CC7C(CC6NC5CC4OC3CC21)C1(CC(C)(C)c2cc3c(cc21)Nc1cc(C)c(C)cc1N3)CC7(C)C. The van der Waals surface area contributed by atoms with E-state index in [4.69, 9.17) is 18.9 Å². The molecule has 4 N–H and O–H groups in total. The van der Waals surface area contributed by atoms with E-state index >= 15 is 0 Å². The molecule has 7 fully saturated rings. The van der Waals surface area contributed by atoms with E-state index in [0.29, 0.717) is 47.8 Å². The second-order valence-corrected chi connectivity index (χ2v) is 26.7. The van der Waals surface area contributed by atoms with Gasteiger partial charge in [0.25, 0.3) is 0 Å². The number of ether oxygens (including phenoxy) is 4. The maximum atomic E-state index is 7.45. The van der Waals surface area contributed by atoms with Crippen LogP contribution < -0.4 is 30.7 Å². The summed E-state index contributed by atoms with van der Waals surface area (Å²) >= 11 is 0. The molecule has 66 heavy (non-hydrogen) atoms. The lowest BCUT2D eigenvalue weighted by atomic mass is 9.62. The monoisotopic (exact) mass is 895 g/mol. The molecular weight excluding hydrogens is 817 g/mol. The molecule has 10 aliphatic rings. The van der Waals surface area contributed by atoms with E-state index in [0.717, 1.165) is 43.6 Å². The molecule has 0 aromatic heterocycles. The van der Waals surface area contributed by atoms with Crippen LogP contribution in [0.2, 0.25) is 0 Å². The van der Waals surface area contributed by atoms with E-state index in [1.54, 1.807) is 25.3 Å². The van der Waals surface area contributed by atoms with Crippen molar-refractivity contribution in [2.75, 3.05) is 24.9 Å². The molecule has 8 heteroatoms. The van der Waals surface area contributed by atoms with Crippen molar-refractivity contribution >= 4 is 22.7 Å². The molecule has 13 rings (SSSR count). The van der Waals surface area contributed by atoms with Crippen LogP contribution in [0.1, 0.15) is 153 Å². The number of hydrogen-bond acceptors (Lipinski definition) is 8. The summed E-state index contributed by atoms with van der Waals surface area (Å²) in [4.78, 5) is 0. The van der Waals surface area contributed by atoms with Gasteiger partial charge in [-0.05, 0) is 193 Å². The number of anilines is 4. The van der Waals surface area contributed by atoms with Crippen LogP contribution in [0, 0.1) is 48.3 Å². The summed E-state index contributed by atoms with van der Waals surface area (Å²) in [6.45, 7) is 24.7. The maximum Gasteiger partial charge on any atom is 0.161 e. The first kappa shape index (κ1) is 42.8. The molecule has 0 radical (unpaired) electrons. The lowest BCUT2D eigenvalue weighted by Crippen LogP contribution is -2.72. The predicted molar refractivity (Wildman–Crippen MR) is 264 cm³/mol. The minimum absolute atomic E-state index is 0.0612. The van der Waals surface area contributed by atoms with Gasteiger partial charge in [-0.25, -0.2) is 0 Å². The molecule has 354 valence electrons. The Morgan fingerprint density at radius 3 is 1.32 bits per heavy atom. The van der Waals surface area contributed by atoms with Crippen LogP contribution >= 0.6 is 0 Å². The summed E-state index contributed by atoms with van der Waals surface area (Å²) in [6, 6.07) is 16.2. The third kappa shape index (κ3) is 5.83. The molecule has 8 nitrogen and oxygen atoms in total. The molecule has 3 heterocycles. The van der Waals surface area contributed by atoms with Crippen molar-refractivity contribution in [2.24, 2.45) is 34.5 Å². The Bertz CT molecular complexity index is 2550. The minimum Gasteiger partial charge on any atom is -0.493 e. The molecule has 7 aliphatic carbocycles. The van der Waals surface area contributed by atoms with Gasteiger partial charge in [0, 0.05) is 35.0 Å². The average Bonchev–Trinajstić information content (AvgIpc) is 3.80. The van der Waals surface area contributed by atoms with Gasteiger partial charge in [0.05, 0.1) is 61.4 Å². The van der Waals surface area contributed by atoms with Crippen molar-refractivity contribution in [3.05, 3.63) is 69.8 Å². The number of rotatable bonds is 2. The van der Waals surface area contributed by atoms with E-state index < -0.39 is 0 Å². The first-order valence-electron chi connectivity index (χ1n) is 26.2. The molecule has 14 atom stereocenters. The number of benzene rings is 3. The van der Waals surface area contributed by atoms with Crippen molar-refractivity contribution in [1.29, 1.82) is 0 Å². The van der Waals surface area contributed by atoms with Crippen LogP contribution in [0.25, 0.3) is 0 Å². The largest absolute Gasteiger partial charge is 0.493 e. The zero-order valence-corrected chi connectivity index (χ0v) is 42.1. The Morgan fingerprint density at radius 2 is 0.803 bits per heavy atom. The molecule has 14 unspecified atom stereocenters. The van der Waals surface area contributed by atoms with Crippen LogP contribution in [0.5, 0.6) is 11.5 Å². The summed E-state index contributed by atoms with van der Waals surface area (Å²) in [6.07, 6.45) is 12.2. The third-order valence-electron chi connectivity index (χ3n) is 21.2. The van der Waals surface area contributed by atoms with E-state index in [-0.39, 0.29) is 56.9 Å². The fourth-order valence-electron chi connectivity index (χ4n) is 18.8. The quantitative estimate of drug-likeness (QED) is 0.158. The summed E-state index contributed by atoms with van der Waals surface area (Å²) < 4.78 is 26.6. The van der Waals surface area contributed by atoms with Crippen LogP contribution in [0.3, 0.4) is 0 Å². The molecule has 5 saturated carbocycles. The van der Waals surface area contributed by atoms with Crippen LogP contribution in [-0.2, 0) is 31.1 Å². The van der Waals surface area contributed by atoms with Crippen molar-refractivity contribution in [3.8, 4) is 11.5 Å². The maximum absolute atomic E-state index is 7.45. The summed E-state index contributed by atoms with van der Waals surface area (Å²) in [5.41, 5.74) is 14.5. The molecular formula is C58H78N4O4. The molecule has 2 saturated heterocycles. The third-order valence-corrected chi connectivity index (χ3v) is 21.2. The zero-order chi connectivity index (χ0) is 45.8. The topological polar surface area (TPSA) is 85.0 Å². The standard InChI is InChI=1S/C58H78N4O4/c1-29-13-39-40(14-30(29)2)60-43-17-35-31(15-41(43)59-39)53(3,4)25-57(35)26-54(5,6)32-16-42-44(18-36(32)57)62-46-24-52-51(23-45(46)61-42)65-49-20-34-38(22-50(49)66-52)58(28-56(34,9)10)27-55(7,8)33-19-47(63-11)48(64-12)21-37(33)58/h13-15,17,19,21,32,34,36,38,42,44-46,49-52,59-62H,16,18,20,22-28H2,1-12H3. The summed E-state index contributed by atoms with van der Waals surface area (Å²) in [5, 5.41) is 16.5. The molecule has 3 aromatic rings. The van der Waals surface area contributed by atoms with Crippen LogP contribution in [0.15, 0.2) is 36.4 Å². The second-order valence-electron chi connectivity index (χ2n) is 26.7. The number of fused-ring (bicyclic) bond motifs is 14. The number of aryl methyl sites for hydroxylation is 2. The minimum atomic E-state index is 0.0612. The summed E-state index contributed by atoms with van der Waals surface area (Å²) in [7, 11) is 3.55. The predicted octanol–water partition coefficient (Wildman–Crippen LogP) is 11.6. The highest BCUT2D eigenvalue weighted by molar-refractivity contribution is 5.92. The zero-order valence-electron chi connectivity index (χ0n) is 42.1. The normalized spacial score (nSPS) is 41.6. The molecule has 3 aliphatic heterocycles. The van der Waals surface area contributed by atoms with E-state index in [9.17, 15) is 0 Å². The molecule has 3 aromatic carbocycles. The van der Waals surface area contributed by atoms with Gasteiger partial charge in [-0.1, -0.05) is 55.4 Å². The fraction of sp³-hybridized carbons (Fsp3) is 0.690. The van der Waals surface area contributed by atoms with E-state index in [1.165, 1.54) is 77.1 Å². The van der Waals surface area contributed by atoms with Gasteiger partial charge in [-0.3, -0.25) is 0 Å². The fourth-order valence-corrected chi connectivity index (χ4v) is 18.8. The highest BCUT2D eigenvalue weighted by Gasteiger charge is 2.68. The molecule has 0 bridgehead atoms. The van der Waals surface area contributed by atoms with Gasteiger partial charge in [-0.15, -0.1) is 0 Å². The van der Waals surface area contributed by atoms with Crippen LogP contribution in [0.4, 0.5) is 22.7 Å². The van der Waals surface area contributed by atoms with Gasteiger partial charge < -0.3 is 40.2 Å². The van der Waals surface area contributed by atoms with Crippen molar-refractivity contribution in [1.82, 2.24) is 10.6 Å². The van der Waals surface area contributed by atoms with Gasteiger partial charge in [0.1, 0.15) is 0 Å². The Balaban J connectivity index is 0.757. The van der Waals surface area contributed by atoms with Crippen molar-refractivity contribution in [2.45, 2.75) is 204 Å². The Hall–Kier alpha value is -3.30. The first-order valence-corrected chi connectivity index (χ1v) is 26.2. The number of nitrogens with one attached hydrogen (secondary N) is 4. The highest BCUT2D eigenvalue weighted by Crippen LogP contribution is 2.72. The lowest BCUT2D eigenvalue weighted by Gasteiger charge is -2.57. The van der Waals surface area contributed by atoms with Gasteiger partial charge in [-0.2, -0.15) is 0 Å². The summed E-state index contributed by atoms with van der Waals surface area (Å²) in [5.74, 6) is 4.17. The van der Waals surface area contributed by atoms with Crippen LogP contribution in [-0.4, -0.2) is 62.8 Å². The number of methoxy groups -OCH3 is 2. The molecule has 2 spiro atoms. The number of piperazine rings is 1. The molecule has 0 amide bonds. The van der Waals surface area contributed by atoms with E-state index in [1.807, 2.05) is 0 Å². The Morgan fingerprint density at radius 1 is 0.439 bits per heavy atom. The highest BCUT2D eigenvalue weighted by atomic mass is 16.6. The number of hydrogen-bond donors (Lipinski definition) is 4.